The van der Waals surface area contributed by atoms with Gasteiger partial charge in [-0.3, -0.25) is 9.78 Å². The van der Waals surface area contributed by atoms with Gasteiger partial charge in [0.05, 0.1) is 18.9 Å². The average molecular weight is 327 g/mol. The lowest BCUT2D eigenvalue weighted by molar-refractivity contribution is 0.0941. The number of nitrogens with zero attached hydrogens (tertiary/aromatic N) is 1. The van der Waals surface area contributed by atoms with Crippen LogP contribution in [0.4, 0.5) is 0 Å². The van der Waals surface area contributed by atoms with E-state index in [1.807, 2.05) is 0 Å². The molecular formula is C14H19BrN2O2. The van der Waals surface area contributed by atoms with Crippen LogP contribution in [-0.2, 0) is 0 Å². The van der Waals surface area contributed by atoms with Gasteiger partial charge in [0, 0.05) is 17.6 Å². The number of hydrogen-bond donors (Lipinski definition) is 1. The van der Waals surface area contributed by atoms with Gasteiger partial charge in [-0.15, -0.1) is 0 Å². The number of nitrogens with one attached hydrogen (secondary N) is 1. The minimum atomic E-state index is -0.0930. The van der Waals surface area contributed by atoms with Gasteiger partial charge in [-0.1, -0.05) is 28.8 Å². The van der Waals surface area contributed by atoms with Crippen LogP contribution >= 0.6 is 15.9 Å². The van der Waals surface area contributed by atoms with E-state index in [4.69, 9.17) is 4.74 Å². The molecule has 0 bridgehead atoms. The van der Waals surface area contributed by atoms with Crippen LogP contribution in [0, 0.1) is 5.92 Å². The number of methoxy groups -OCH3 is 1. The summed E-state index contributed by atoms with van der Waals surface area (Å²) in [5, 5.41) is 3.00. The lowest BCUT2D eigenvalue weighted by atomic mass is 9.89. The van der Waals surface area contributed by atoms with Gasteiger partial charge in [-0.05, 0) is 24.8 Å². The van der Waals surface area contributed by atoms with Gasteiger partial charge in [0.2, 0.25) is 0 Å². The predicted octanol–water partition coefficient (Wildman–Crippen LogP) is 2.77. The molecule has 1 N–H and O–H groups in total. The first-order valence-electron chi connectivity index (χ1n) is 6.62. The Morgan fingerprint density at radius 1 is 1.53 bits per heavy atom. The van der Waals surface area contributed by atoms with Gasteiger partial charge in [0.15, 0.2) is 0 Å². The Labute approximate surface area is 122 Å². The minimum Gasteiger partial charge on any atom is -0.494 e. The summed E-state index contributed by atoms with van der Waals surface area (Å²) in [7, 11) is 1.55. The zero-order valence-corrected chi connectivity index (χ0v) is 12.6. The molecule has 1 aromatic heterocycles. The summed E-state index contributed by atoms with van der Waals surface area (Å²) >= 11 is 3.70. The van der Waals surface area contributed by atoms with Crippen LogP contribution in [0.15, 0.2) is 18.5 Å². The molecular weight excluding hydrogens is 308 g/mol. The third-order valence-electron chi connectivity index (χ3n) is 3.59. The standard InChI is InChI=1S/C14H19BrN2O2/c1-19-13-9-16-7-6-11(13)14(18)17-8-10-4-2-3-5-12(10)15/h6-7,9-10,12H,2-5,8H2,1H3,(H,17,18). The van der Waals surface area contributed by atoms with Gasteiger partial charge in [0.1, 0.15) is 5.75 Å². The van der Waals surface area contributed by atoms with Gasteiger partial charge in [-0.2, -0.15) is 0 Å². The molecule has 0 aromatic carbocycles. The minimum absolute atomic E-state index is 0.0930. The highest BCUT2D eigenvalue weighted by molar-refractivity contribution is 9.09. The molecule has 19 heavy (non-hydrogen) atoms. The zero-order chi connectivity index (χ0) is 13.7. The number of aromatic nitrogens is 1. The Kier molecular flexibility index (Phi) is 5.19. The number of rotatable bonds is 4. The molecule has 5 heteroatoms. The van der Waals surface area contributed by atoms with Crippen LogP contribution in [0.3, 0.4) is 0 Å². The van der Waals surface area contributed by atoms with Gasteiger partial charge >= 0.3 is 0 Å². The molecule has 1 amide bonds. The average Bonchev–Trinajstić information content (AvgIpc) is 2.46. The topological polar surface area (TPSA) is 51.2 Å². The summed E-state index contributed by atoms with van der Waals surface area (Å²) in [4.78, 5) is 16.6. The van der Waals surface area contributed by atoms with Crippen molar-refractivity contribution in [2.75, 3.05) is 13.7 Å². The smallest absolute Gasteiger partial charge is 0.255 e. The molecule has 2 rings (SSSR count). The summed E-state index contributed by atoms with van der Waals surface area (Å²) in [6.45, 7) is 0.709. The van der Waals surface area contributed by atoms with Crippen molar-refractivity contribution >= 4 is 21.8 Å². The van der Waals surface area contributed by atoms with Crippen molar-refractivity contribution < 1.29 is 9.53 Å². The fraction of sp³-hybridized carbons (Fsp3) is 0.571. The lowest BCUT2D eigenvalue weighted by Crippen LogP contribution is -2.34. The highest BCUT2D eigenvalue weighted by Crippen LogP contribution is 2.29. The third kappa shape index (κ3) is 3.69. The molecule has 1 aliphatic rings. The normalized spacial score (nSPS) is 22.8. The van der Waals surface area contributed by atoms with Crippen molar-refractivity contribution in [2.24, 2.45) is 5.92 Å². The summed E-state index contributed by atoms with van der Waals surface area (Å²) < 4.78 is 5.15. The van der Waals surface area contributed by atoms with E-state index in [1.54, 1.807) is 25.6 Å². The second-order valence-corrected chi connectivity index (χ2v) is 6.02. The van der Waals surface area contributed by atoms with Crippen LogP contribution in [-0.4, -0.2) is 29.4 Å². The molecule has 1 saturated carbocycles. The van der Waals surface area contributed by atoms with Crippen LogP contribution in [0.2, 0.25) is 0 Å². The van der Waals surface area contributed by atoms with Crippen LogP contribution in [0.5, 0.6) is 5.75 Å². The Balaban J connectivity index is 1.93. The molecule has 2 unspecified atom stereocenters. The highest BCUT2D eigenvalue weighted by Gasteiger charge is 2.23. The van der Waals surface area contributed by atoms with Crippen molar-refractivity contribution in [3.8, 4) is 5.75 Å². The number of amides is 1. The number of halogens is 1. The molecule has 0 aliphatic heterocycles. The van der Waals surface area contributed by atoms with E-state index < -0.39 is 0 Å². The Morgan fingerprint density at radius 2 is 2.32 bits per heavy atom. The van der Waals surface area contributed by atoms with E-state index in [-0.39, 0.29) is 5.91 Å². The Morgan fingerprint density at radius 3 is 3.05 bits per heavy atom. The maximum Gasteiger partial charge on any atom is 0.255 e. The first-order valence-corrected chi connectivity index (χ1v) is 7.54. The first-order chi connectivity index (χ1) is 9.22. The number of pyridine rings is 1. The zero-order valence-electron chi connectivity index (χ0n) is 11.1. The maximum atomic E-state index is 12.1. The molecule has 1 aromatic rings. The largest absolute Gasteiger partial charge is 0.494 e. The summed E-state index contributed by atoms with van der Waals surface area (Å²) in [6, 6.07) is 1.68. The Bertz CT molecular complexity index is 439. The highest BCUT2D eigenvalue weighted by atomic mass is 79.9. The Hall–Kier alpha value is -1.10. The van der Waals surface area contributed by atoms with Crippen LogP contribution < -0.4 is 10.1 Å². The molecule has 1 fully saturated rings. The molecule has 2 atom stereocenters. The lowest BCUT2D eigenvalue weighted by Gasteiger charge is -2.27. The van der Waals surface area contributed by atoms with E-state index in [0.29, 0.717) is 28.6 Å². The third-order valence-corrected chi connectivity index (χ3v) is 4.80. The number of alkyl halides is 1. The SMILES string of the molecule is COc1cnccc1C(=O)NCC1CCCCC1Br. The molecule has 1 aliphatic carbocycles. The number of carbonyl (C=O) groups excluding carboxylic acids is 1. The van der Waals surface area contributed by atoms with E-state index >= 15 is 0 Å². The van der Waals surface area contributed by atoms with Crippen LogP contribution in [0.1, 0.15) is 36.0 Å². The molecule has 0 spiro atoms. The second-order valence-electron chi connectivity index (χ2n) is 4.85. The van der Waals surface area contributed by atoms with E-state index in [2.05, 4.69) is 26.2 Å². The maximum absolute atomic E-state index is 12.1. The first kappa shape index (κ1) is 14.3. The van der Waals surface area contributed by atoms with E-state index in [9.17, 15) is 4.79 Å². The van der Waals surface area contributed by atoms with Crippen molar-refractivity contribution in [1.82, 2.24) is 10.3 Å². The van der Waals surface area contributed by atoms with E-state index in [1.165, 1.54) is 25.7 Å². The molecule has 0 saturated heterocycles. The number of ether oxygens (including phenoxy) is 1. The molecule has 4 nitrogen and oxygen atoms in total. The molecule has 1 heterocycles. The van der Waals surface area contributed by atoms with Crippen molar-refractivity contribution in [3.05, 3.63) is 24.0 Å². The van der Waals surface area contributed by atoms with Crippen molar-refractivity contribution in [1.29, 1.82) is 0 Å². The summed E-state index contributed by atoms with van der Waals surface area (Å²) in [5.74, 6) is 0.939. The van der Waals surface area contributed by atoms with Crippen molar-refractivity contribution in [3.63, 3.8) is 0 Å². The summed E-state index contributed by atoms with van der Waals surface area (Å²) in [6.07, 6.45) is 8.05. The second kappa shape index (κ2) is 6.89. The monoisotopic (exact) mass is 326 g/mol. The van der Waals surface area contributed by atoms with Gasteiger partial charge in [-0.25, -0.2) is 0 Å². The van der Waals surface area contributed by atoms with Gasteiger partial charge in [0.25, 0.3) is 5.91 Å². The quantitative estimate of drug-likeness (QED) is 0.865. The van der Waals surface area contributed by atoms with Gasteiger partial charge < -0.3 is 10.1 Å². The van der Waals surface area contributed by atoms with Crippen molar-refractivity contribution in [2.45, 2.75) is 30.5 Å². The summed E-state index contributed by atoms with van der Waals surface area (Å²) in [5.41, 5.74) is 0.541. The van der Waals surface area contributed by atoms with Crippen LogP contribution in [0.25, 0.3) is 0 Å². The molecule has 0 radical (unpaired) electrons. The fourth-order valence-corrected chi connectivity index (χ4v) is 3.22. The van der Waals surface area contributed by atoms with E-state index in [0.717, 1.165) is 0 Å². The fourth-order valence-electron chi connectivity index (χ4n) is 2.44. The number of carbonyl (C=O) groups is 1. The predicted molar refractivity (Wildman–Crippen MR) is 77.8 cm³/mol. The number of hydrogen-bond acceptors (Lipinski definition) is 3. The molecule has 104 valence electrons.